The topological polar surface area (TPSA) is 389 Å². The predicted octanol–water partition coefficient (Wildman–Crippen LogP) is -2.56. The van der Waals surface area contributed by atoms with Crippen LogP contribution < -0.4 is 0 Å². The second-order valence-corrected chi connectivity index (χ2v) is 2.83. The van der Waals surface area contributed by atoms with Crippen molar-refractivity contribution >= 4 is 0 Å². The number of hydrogen-bond donors (Lipinski definition) is 1. The van der Waals surface area contributed by atoms with Crippen molar-refractivity contribution in [2.24, 2.45) is 0 Å². The van der Waals surface area contributed by atoms with Crippen molar-refractivity contribution in [2.75, 3.05) is 7.11 Å². The molecule has 0 aromatic heterocycles. The highest BCUT2D eigenvalue weighted by Crippen LogP contribution is 1.96. The molecular formula is CH4O41. The van der Waals surface area contributed by atoms with Crippen LogP contribution in [0.5, 0.6) is 0 Å². The Morgan fingerprint density at radius 1 is 0.190 bits per heavy atom. The Balaban J connectivity index is 3.02. The summed E-state index contributed by atoms with van der Waals surface area (Å²) in [7, 11) is 1.07. The first-order valence-electron chi connectivity index (χ1n) is 7.09. The first-order chi connectivity index (χ1) is 20.9. The summed E-state index contributed by atoms with van der Waals surface area (Å²) in [6.07, 6.45) is 0. The molecule has 0 fully saturated rings. The van der Waals surface area contributed by atoms with Gasteiger partial charge < -0.3 is 0 Å². The minimum Gasteiger partial charge on any atom is -0.219 e. The van der Waals surface area contributed by atoms with Crippen molar-refractivity contribution in [1.29, 1.82) is 0 Å². The molecular weight excluding hydrogens is 668 g/mol. The minimum atomic E-state index is 1.07. The van der Waals surface area contributed by atoms with Gasteiger partial charge in [-0.3, -0.25) is 0 Å². The summed E-state index contributed by atoms with van der Waals surface area (Å²) in [5, 5.41) is 143. The van der Waals surface area contributed by atoms with Gasteiger partial charge in [0.1, 0.15) is 0 Å². The Hall–Kier alpha value is -1.64. The molecule has 0 unspecified atom stereocenters. The van der Waals surface area contributed by atoms with Gasteiger partial charge in [-0.2, -0.15) is 0 Å². The minimum absolute atomic E-state index is 1.07. The van der Waals surface area contributed by atoms with E-state index in [0.29, 0.717) is 0 Å². The normalized spacial score (nSPS) is 11.6. The van der Waals surface area contributed by atoms with E-state index in [-0.39, 0.29) is 0 Å². The Bertz CT molecular complexity index is 393. The van der Waals surface area contributed by atoms with E-state index in [1.54, 1.807) is 0 Å². The third kappa shape index (κ3) is 38.4. The zero-order valence-electron chi connectivity index (χ0n) is 17.8. The molecule has 42 heavy (non-hydrogen) atoms. The molecule has 0 saturated heterocycles. The second-order valence-electron chi connectivity index (χ2n) is 2.83. The van der Waals surface area contributed by atoms with E-state index in [0.717, 1.165) is 7.11 Å². The van der Waals surface area contributed by atoms with Crippen molar-refractivity contribution in [3.63, 3.8) is 0 Å². The van der Waals surface area contributed by atoms with E-state index >= 15 is 0 Å². The highest BCUT2D eigenvalue weighted by atomic mass is 18.0. The van der Waals surface area contributed by atoms with E-state index in [1.807, 2.05) is 0 Å². The zero-order valence-corrected chi connectivity index (χ0v) is 17.8. The van der Waals surface area contributed by atoms with Crippen LogP contribution in [0.3, 0.4) is 0 Å². The first-order valence-corrected chi connectivity index (χ1v) is 7.09. The first kappa shape index (κ1) is 40.4. The molecule has 0 aliphatic carbocycles. The van der Waals surface area contributed by atoms with Gasteiger partial charge in [0.05, 0.1) is 7.11 Å². The summed E-state index contributed by atoms with van der Waals surface area (Å²) >= 11 is 0. The van der Waals surface area contributed by atoms with Crippen molar-refractivity contribution in [3.8, 4) is 0 Å². The lowest BCUT2D eigenvalue weighted by molar-refractivity contribution is -0.909. The van der Waals surface area contributed by atoms with Gasteiger partial charge in [0.2, 0.25) is 0 Å². The Morgan fingerprint density at radius 3 is 0.429 bits per heavy atom. The number of rotatable bonds is 39. The third-order valence-corrected chi connectivity index (χ3v) is 1.13. The quantitative estimate of drug-likeness (QED) is 0.0398. The maximum absolute atomic E-state index is 7.55. The highest BCUT2D eigenvalue weighted by molar-refractivity contribution is 3.35. The van der Waals surface area contributed by atoms with Gasteiger partial charge in [0.25, 0.3) is 0 Å². The van der Waals surface area contributed by atoms with Crippen LogP contribution in [0.25, 0.3) is 0 Å². The molecule has 0 rings (SSSR count). The molecule has 0 aromatic rings. The molecule has 1 N–H and O–H groups in total. The average molecular weight is 672 g/mol. The molecule has 41 nitrogen and oxygen atoms in total. The second kappa shape index (κ2) is 39.4. The van der Waals surface area contributed by atoms with Crippen LogP contribution in [-0.2, 0) is 201 Å². The van der Waals surface area contributed by atoms with E-state index in [4.69, 9.17) is 5.26 Å². The molecule has 0 aliphatic rings. The lowest BCUT2D eigenvalue weighted by atomic mass is 11.8. The van der Waals surface area contributed by atoms with Gasteiger partial charge >= 0.3 is 0 Å². The van der Waals surface area contributed by atoms with Crippen LogP contribution in [0, 0.1) is 0 Å². The maximum atomic E-state index is 7.55. The molecule has 0 aliphatic heterocycles. The fourth-order valence-corrected chi connectivity index (χ4v) is 0.448. The van der Waals surface area contributed by atoms with Gasteiger partial charge in [-0.15, -0.1) is 0 Å². The summed E-state index contributed by atoms with van der Waals surface area (Å²) in [6, 6.07) is 0. The summed E-state index contributed by atoms with van der Waals surface area (Å²) in [5.41, 5.74) is 0. The molecule has 0 saturated carbocycles. The van der Waals surface area contributed by atoms with Gasteiger partial charge in [-0.25, -0.2) is 10.1 Å². The van der Waals surface area contributed by atoms with Crippen LogP contribution in [0.4, 0.5) is 0 Å². The van der Waals surface area contributed by atoms with Crippen molar-refractivity contribution in [3.05, 3.63) is 0 Å². The summed E-state index contributed by atoms with van der Waals surface area (Å²) in [4.78, 5) is 3.87. The Morgan fingerprint density at radius 2 is 0.310 bits per heavy atom. The standard InChI is InChI=1S/CH4O41/c1-3-5-7-9-11-13-15-17-19-21-23-25-27-29-31-33-35-37-39-41-42-40-38-36-34-32-30-28-26-24-22-20-18-16-14-12-10-8-6-4-2/h2H,1H3. The fourth-order valence-electron chi connectivity index (χ4n) is 0.448. The van der Waals surface area contributed by atoms with Crippen LogP contribution in [0.2, 0.25) is 0 Å². The molecule has 0 amide bonds. The highest BCUT2D eigenvalue weighted by Gasteiger charge is 2.03. The maximum Gasteiger partial charge on any atom is 0.0745 e. The molecule has 0 bridgehead atoms. The van der Waals surface area contributed by atoms with Crippen molar-refractivity contribution < 1.29 is 207 Å². The van der Waals surface area contributed by atoms with E-state index in [2.05, 4.69) is 201 Å². The largest absolute Gasteiger partial charge is 0.219 e. The predicted molar refractivity (Wildman–Crippen MR) is 52.0 cm³/mol. The third-order valence-electron chi connectivity index (χ3n) is 1.13. The van der Waals surface area contributed by atoms with Crippen molar-refractivity contribution in [1.82, 2.24) is 0 Å². The Kier molecular flexibility index (Phi) is 37.8. The van der Waals surface area contributed by atoms with Crippen LogP contribution in [0.1, 0.15) is 0 Å². The summed E-state index contributed by atoms with van der Waals surface area (Å²) in [5.74, 6) is 0. The van der Waals surface area contributed by atoms with Gasteiger partial charge in [-0.05, 0) is 80.6 Å². The monoisotopic (exact) mass is 672 g/mol. The van der Waals surface area contributed by atoms with Crippen LogP contribution in [-0.4, -0.2) is 12.4 Å². The van der Waals surface area contributed by atoms with E-state index in [1.165, 1.54) is 0 Å². The smallest absolute Gasteiger partial charge is 0.0745 e. The number of hydrogen-bond acceptors (Lipinski definition) is 41. The SMILES string of the molecule is COOOOOOOOOOOOOOOOOOOOOOOOOOOOOOOOOOOOOOOOO. The average Bonchev–Trinajstić information content (AvgIpc) is 3.00. The molecule has 254 valence electrons. The molecule has 0 atom stereocenters. The zero-order chi connectivity index (χ0) is 30.3. The van der Waals surface area contributed by atoms with Gasteiger partial charge in [0.15, 0.2) is 0 Å². The summed E-state index contributed by atoms with van der Waals surface area (Å²) < 4.78 is 0. The van der Waals surface area contributed by atoms with Crippen LogP contribution >= 0.6 is 0 Å². The van der Waals surface area contributed by atoms with Crippen LogP contribution in [0.15, 0.2) is 0 Å². The van der Waals surface area contributed by atoms with E-state index < -0.39 is 0 Å². The molecule has 41 heteroatoms. The lowest BCUT2D eigenvalue weighted by Crippen LogP contribution is -2.06. The van der Waals surface area contributed by atoms with Gasteiger partial charge in [0, 0.05) is 116 Å². The fraction of sp³-hybridized carbons (Fsp3) is 1.00. The van der Waals surface area contributed by atoms with E-state index in [9.17, 15) is 0 Å². The molecule has 0 radical (unpaired) electrons. The van der Waals surface area contributed by atoms with Gasteiger partial charge in [-0.1, -0.05) is 0 Å². The summed E-state index contributed by atoms with van der Waals surface area (Å²) in [6.45, 7) is 0. The molecule has 0 spiro atoms. The lowest BCUT2D eigenvalue weighted by Gasteiger charge is -1.99. The molecule has 0 aromatic carbocycles. The Labute approximate surface area is 215 Å². The molecule has 0 heterocycles. The van der Waals surface area contributed by atoms with Crippen molar-refractivity contribution in [2.45, 2.75) is 0 Å².